The summed E-state index contributed by atoms with van der Waals surface area (Å²) in [5, 5.41) is 6.02. The minimum absolute atomic E-state index is 0.196. The average molecular weight is 344 g/mol. The Balaban J connectivity index is 2.82. The fourth-order valence-corrected chi connectivity index (χ4v) is 1.91. The van der Waals surface area contributed by atoms with Gasteiger partial charge in [0.2, 0.25) is 9.70 Å². The molecule has 0 fully saturated rings. The molecule has 2 N–H and O–H groups in total. The largest absolute Gasteiger partial charge is 0.361 e. The fraction of sp³-hybridized carbons (Fsp3) is 0.417. The summed E-state index contributed by atoms with van der Waals surface area (Å²) in [5.41, 5.74) is 0.581. The van der Waals surface area contributed by atoms with Crippen LogP contribution in [0.15, 0.2) is 24.3 Å². The van der Waals surface area contributed by atoms with E-state index in [0.29, 0.717) is 23.6 Å². The van der Waals surface area contributed by atoms with Gasteiger partial charge in [-0.3, -0.25) is 4.79 Å². The van der Waals surface area contributed by atoms with Crippen LogP contribution >= 0.6 is 46.4 Å². The topological polar surface area (TPSA) is 41.1 Å². The standard InChI is InChI=1S/C12H14Cl4N2O/c1-2-5-10(19)18-11(12(14,15)16)17-9-7-4-3-6-8(9)13/h3-4,6-7,11,17H,2,5H2,1H3,(H,18,19)/t11-/m1/s1. The van der Waals surface area contributed by atoms with Crippen LogP contribution in [-0.2, 0) is 4.79 Å². The van der Waals surface area contributed by atoms with E-state index >= 15 is 0 Å². The van der Waals surface area contributed by atoms with Crippen molar-refractivity contribution in [1.29, 1.82) is 0 Å². The van der Waals surface area contributed by atoms with Crippen LogP contribution in [0, 0.1) is 0 Å². The number of nitrogens with one attached hydrogen (secondary N) is 2. The Morgan fingerprint density at radius 1 is 1.32 bits per heavy atom. The molecule has 3 nitrogen and oxygen atoms in total. The van der Waals surface area contributed by atoms with Gasteiger partial charge < -0.3 is 10.6 Å². The number of hydrogen-bond acceptors (Lipinski definition) is 2. The predicted octanol–water partition coefficient (Wildman–Crippen LogP) is 4.36. The lowest BCUT2D eigenvalue weighted by molar-refractivity contribution is -0.121. The molecule has 1 aromatic rings. The Kier molecular flexibility index (Phi) is 6.54. The minimum atomic E-state index is -1.69. The Hall–Kier alpha value is -0.350. The molecule has 0 aliphatic heterocycles. The van der Waals surface area contributed by atoms with E-state index < -0.39 is 9.96 Å². The van der Waals surface area contributed by atoms with E-state index in [9.17, 15) is 4.79 Å². The number of amides is 1. The number of halogens is 4. The minimum Gasteiger partial charge on any atom is -0.361 e. The number of alkyl halides is 3. The molecule has 19 heavy (non-hydrogen) atoms. The van der Waals surface area contributed by atoms with E-state index in [1.807, 2.05) is 6.92 Å². The van der Waals surface area contributed by atoms with Crippen molar-refractivity contribution < 1.29 is 4.79 Å². The number of rotatable bonds is 5. The third kappa shape index (κ3) is 5.65. The second-order valence-electron chi connectivity index (χ2n) is 3.92. The highest BCUT2D eigenvalue weighted by Crippen LogP contribution is 2.32. The van der Waals surface area contributed by atoms with Crippen LogP contribution in [-0.4, -0.2) is 15.9 Å². The zero-order valence-corrected chi connectivity index (χ0v) is 13.2. The Bertz CT molecular complexity index is 434. The van der Waals surface area contributed by atoms with Crippen LogP contribution in [0.25, 0.3) is 0 Å². The molecule has 0 aliphatic carbocycles. The summed E-state index contributed by atoms with van der Waals surface area (Å²) in [6, 6.07) is 7.01. The van der Waals surface area contributed by atoms with Crippen molar-refractivity contribution in [1.82, 2.24) is 5.32 Å². The van der Waals surface area contributed by atoms with Crippen LogP contribution in [0.2, 0.25) is 5.02 Å². The van der Waals surface area contributed by atoms with Crippen molar-refractivity contribution >= 4 is 58.0 Å². The number of anilines is 1. The van der Waals surface area contributed by atoms with Crippen LogP contribution < -0.4 is 10.6 Å². The molecule has 106 valence electrons. The highest BCUT2D eigenvalue weighted by Gasteiger charge is 2.34. The molecule has 1 amide bonds. The summed E-state index contributed by atoms with van der Waals surface area (Å²) in [6.45, 7) is 1.89. The number of hydrogen-bond donors (Lipinski definition) is 2. The maximum absolute atomic E-state index is 11.6. The van der Waals surface area contributed by atoms with Gasteiger partial charge in [-0.25, -0.2) is 0 Å². The second-order valence-corrected chi connectivity index (χ2v) is 6.69. The van der Waals surface area contributed by atoms with Crippen molar-refractivity contribution in [3.8, 4) is 0 Å². The van der Waals surface area contributed by atoms with E-state index in [2.05, 4.69) is 10.6 Å². The molecule has 1 aromatic carbocycles. The monoisotopic (exact) mass is 342 g/mol. The molecule has 7 heteroatoms. The highest BCUT2D eigenvalue weighted by atomic mass is 35.6. The lowest BCUT2D eigenvalue weighted by Crippen LogP contribution is -2.49. The van der Waals surface area contributed by atoms with E-state index in [1.54, 1.807) is 24.3 Å². The number of carbonyl (C=O) groups excluding carboxylic acids is 1. The second kappa shape index (κ2) is 7.44. The van der Waals surface area contributed by atoms with Crippen LogP contribution in [0.4, 0.5) is 5.69 Å². The molecule has 0 heterocycles. The van der Waals surface area contributed by atoms with Gasteiger partial charge in [0.25, 0.3) is 0 Å². The van der Waals surface area contributed by atoms with E-state index in [1.165, 1.54) is 0 Å². The van der Waals surface area contributed by atoms with Gasteiger partial charge in [-0.2, -0.15) is 0 Å². The van der Waals surface area contributed by atoms with E-state index in [-0.39, 0.29) is 5.91 Å². The fourth-order valence-electron chi connectivity index (χ4n) is 1.39. The van der Waals surface area contributed by atoms with Crippen LogP contribution in [0.1, 0.15) is 19.8 Å². The molecule has 0 aliphatic rings. The van der Waals surface area contributed by atoms with Gasteiger partial charge in [-0.15, -0.1) is 0 Å². The van der Waals surface area contributed by atoms with Gasteiger partial charge >= 0.3 is 0 Å². The van der Waals surface area contributed by atoms with E-state index in [0.717, 1.165) is 0 Å². The predicted molar refractivity (Wildman–Crippen MR) is 82.2 cm³/mol. The first-order valence-corrected chi connectivity index (χ1v) is 7.23. The Labute approximate surface area is 132 Å². The first-order valence-electron chi connectivity index (χ1n) is 5.71. The Morgan fingerprint density at radius 3 is 2.47 bits per heavy atom. The van der Waals surface area contributed by atoms with Crippen LogP contribution in [0.3, 0.4) is 0 Å². The third-order valence-corrected chi connectivity index (χ3v) is 3.27. The number of para-hydroxylation sites is 1. The maximum atomic E-state index is 11.6. The Morgan fingerprint density at radius 2 is 1.95 bits per heavy atom. The molecule has 0 unspecified atom stereocenters. The first kappa shape index (κ1) is 16.7. The molecule has 1 rings (SSSR count). The normalized spacial score (nSPS) is 12.9. The quantitative estimate of drug-likeness (QED) is 0.615. The molecule has 0 saturated carbocycles. The van der Waals surface area contributed by atoms with Crippen LogP contribution in [0.5, 0.6) is 0 Å². The van der Waals surface area contributed by atoms with Gasteiger partial charge in [0, 0.05) is 6.42 Å². The van der Waals surface area contributed by atoms with Crippen molar-refractivity contribution in [2.45, 2.75) is 29.7 Å². The number of carbonyl (C=O) groups is 1. The lowest BCUT2D eigenvalue weighted by atomic mass is 10.3. The number of benzene rings is 1. The molecule has 1 atom stereocenters. The van der Waals surface area contributed by atoms with Gasteiger partial charge in [-0.1, -0.05) is 65.5 Å². The highest BCUT2D eigenvalue weighted by molar-refractivity contribution is 6.68. The first-order chi connectivity index (χ1) is 8.84. The summed E-state index contributed by atoms with van der Waals surface area (Å²) in [7, 11) is 0. The smallest absolute Gasteiger partial charge is 0.228 e. The van der Waals surface area contributed by atoms with Crippen molar-refractivity contribution in [3.63, 3.8) is 0 Å². The summed E-state index contributed by atoms with van der Waals surface area (Å²) in [6.07, 6.45) is 0.211. The van der Waals surface area contributed by atoms with Crippen molar-refractivity contribution in [3.05, 3.63) is 29.3 Å². The molecule has 0 aromatic heterocycles. The molecule has 0 bridgehead atoms. The molecule has 0 spiro atoms. The maximum Gasteiger partial charge on any atom is 0.228 e. The lowest BCUT2D eigenvalue weighted by Gasteiger charge is -2.27. The molecule has 0 saturated heterocycles. The third-order valence-electron chi connectivity index (χ3n) is 2.28. The summed E-state index contributed by atoms with van der Waals surface area (Å²) < 4.78 is -1.69. The average Bonchev–Trinajstić information content (AvgIpc) is 2.30. The summed E-state index contributed by atoms with van der Waals surface area (Å²) in [5.74, 6) is -0.196. The van der Waals surface area contributed by atoms with Gasteiger partial charge in [-0.05, 0) is 18.6 Å². The summed E-state index contributed by atoms with van der Waals surface area (Å²) >= 11 is 23.6. The van der Waals surface area contributed by atoms with Gasteiger partial charge in [0.15, 0.2) is 0 Å². The molecular weight excluding hydrogens is 330 g/mol. The van der Waals surface area contributed by atoms with E-state index in [4.69, 9.17) is 46.4 Å². The van der Waals surface area contributed by atoms with Crippen molar-refractivity contribution in [2.75, 3.05) is 5.32 Å². The summed E-state index contributed by atoms with van der Waals surface area (Å²) in [4.78, 5) is 11.6. The SMILES string of the molecule is CCCC(=O)N[C@@H](Nc1ccccc1Cl)C(Cl)(Cl)Cl. The zero-order valence-electron chi connectivity index (χ0n) is 10.2. The molecular formula is C12H14Cl4N2O. The molecule has 0 radical (unpaired) electrons. The van der Waals surface area contributed by atoms with Gasteiger partial charge in [0.05, 0.1) is 10.7 Å². The van der Waals surface area contributed by atoms with Gasteiger partial charge in [0.1, 0.15) is 6.17 Å². The zero-order chi connectivity index (χ0) is 14.5. The van der Waals surface area contributed by atoms with Crippen molar-refractivity contribution in [2.24, 2.45) is 0 Å².